The monoisotopic (exact) mass is 397 g/mol. The zero-order valence-electron chi connectivity index (χ0n) is 13.6. The summed E-state index contributed by atoms with van der Waals surface area (Å²) in [6.07, 6.45) is 1.55. The first kappa shape index (κ1) is 17.3. The minimum atomic E-state index is -0.380. The number of aromatic nitrogens is 2. The highest BCUT2D eigenvalue weighted by Gasteiger charge is 2.12. The number of fused-ring (bicyclic) bond motifs is 1. The topological polar surface area (TPSA) is 65.6 Å². The van der Waals surface area contributed by atoms with Crippen molar-refractivity contribution in [2.24, 2.45) is 0 Å². The molecular formula is C20H10Cl2FN3O. The summed E-state index contributed by atoms with van der Waals surface area (Å²) in [4.78, 5) is 7.26. The second-order valence-corrected chi connectivity index (χ2v) is 6.59. The average Bonchev–Trinajstić information content (AvgIpc) is 3.28. The summed E-state index contributed by atoms with van der Waals surface area (Å²) in [5.41, 5.74) is 1.99. The molecule has 0 fully saturated rings. The van der Waals surface area contributed by atoms with Crippen LogP contribution in [0.1, 0.15) is 11.6 Å². The molecule has 0 aliphatic rings. The molecule has 0 saturated heterocycles. The minimum absolute atomic E-state index is 0.254. The number of imidazole rings is 1. The Hall–Kier alpha value is -3.07. The van der Waals surface area contributed by atoms with E-state index in [1.54, 1.807) is 42.5 Å². The summed E-state index contributed by atoms with van der Waals surface area (Å²) in [6, 6.07) is 14.8. The summed E-state index contributed by atoms with van der Waals surface area (Å²) >= 11 is 12.2. The van der Waals surface area contributed by atoms with E-state index >= 15 is 0 Å². The van der Waals surface area contributed by atoms with Gasteiger partial charge in [0, 0.05) is 16.7 Å². The zero-order chi connectivity index (χ0) is 19.0. The summed E-state index contributed by atoms with van der Waals surface area (Å²) in [5, 5.41) is 10.5. The lowest BCUT2D eigenvalue weighted by molar-refractivity contribution is 0.572. The second-order valence-electron chi connectivity index (χ2n) is 5.74. The van der Waals surface area contributed by atoms with Crippen LogP contribution in [0.15, 0.2) is 52.9 Å². The van der Waals surface area contributed by atoms with Crippen LogP contribution in [0.5, 0.6) is 0 Å². The molecule has 0 saturated carbocycles. The van der Waals surface area contributed by atoms with E-state index in [9.17, 15) is 9.65 Å². The number of rotatable bonds is 3. The Bertz CT molecular complexity index is 1230. The quantitative estimate of drug-likeness (QED) is 0.410. The normalized spacial score (nSPS) is 11.7. The third-order valence-corrected chi connectivity index (χ3v) is 4.49. The first-order chi connectivity index (χ1) is 13.0. The van der Waals surface area contributed by atoms with Crippen molar-refractivity contribution in [3.8, 4) is 17.4 Å². The van der Waals surface area contributed by atoms with Crippen molar-refractivity contribution in [3.63, 3.8) is 0 Å². The first-order valence-corrected chi connectivity index (χ1v) is 8.62. The van der Waals surface area contributed by atoms with E-state index in [-0.39, 0.29) is 11.4 Å². The Morgan fingerprint density at radius 1 is 1.15 bits per heavy atom. The number of nitriles is 1. The highest BCUT2D eigenvalue weighted by atomic mass is 35.5. The van der Waals surface area contributed by atoms with E-state index in [2.05, 4.69) is 16.0 Å². The molecule has 132 valence electrons. The van der Waals surface area contributed by atoms with Crippen LogP contribution in [0.3, 0.4) is 0 Å². The molecule has 0 amide bonds. The van der Waals surface area contributed by atoms with Gasteiger partial charge in [-0.1, -0.05) is 23.2 Å². The summed E-state index contributed by atoms with van der Waals surface area (Å²) in [5.74, 6) is 0.924. The number of H-pyrrole nitrogens is 1. The second kappa shape index (κ2) is 6.92. The van der Waals surface area contributed by atoms with E-state index < -0.39 is 0 Å². The highest BCUT2D eigenvalue weighted by Crippen LogP contribution is 2.32. The Morgan fingerprint density at radius 2 is 2.00 bits per heavy atom. The van der Waals surface area contributed by atoms with Crippen LogP contribution >= 0.6 is 23.2 Å². The fraction of sp³-hybridized carbons (Fsp3) is 0. The van der Waals surface area contributed by atoms with Gasteiger partial charge in [0.05, 0.1) is 21.6 Å². The van der Waals surface area contributed by atoms with Crippen LogP contribution in [-0.4, -0.2) is 9.97 Å². The third kappa shape index (κ3) is 3.45. The van der Waals surface area contributed by atoms with Gasteiger partial charge in [0.2, 0.25) is 0 Å². The largest absolute Gasteiger partial charge is 0.457 e. The summed E-state index contributed by atoms with van der Waals surface area (Å²) in [6.45, 7) is 0. The number of nitrogens with zero attached hydrogens (tertiary/aromatic N) is 2. The lowest BCUT2D eigenvalue weighted by atomic mass is 10.2. The highest BCUT2D eigenvalue weighted by molar-refractivity contribution is 6.35. The molecule has 1 N–H and O–H groups in total. The molecule has 2 aromatic carbocycles. The van der Waals surface area contributed by atoms with Crippen molar-refractivity contribution in [3.05, 3.63) is 76.0 Å². The van der Waals surface area contributed by atoms with Crippen molar-refractivity contribution in [1.29, 1.82) is 5.26 Å². The maximum atomic E-state index is 13.3. The molecule has 2 aromatic heterocycles. The fourth-order valence-electron chi connectivity index (χ4n) is 2.67. The van der Waals surface area contributed by atoms with Gasteiger partial charge in [0.15, 0.2) is 0 Å². The van der Waals surface area contributed by atoms with E-state index in [1.165, 1.54) is 12.1 Å². The molecule has 0 aliphatic heterocycles. The van der Waals surface area contributed by atoms with Crippen LogP contribution in [-0.2, 0) is 0 Å². The van der Waals surface area contributed by atoms with Crippen LogP contribution in [0.25, 0.3) is 34.0 Å². The predicted molar refractivity (Wildman–Crippen MR) is 104 cm³/mol. The van der Waals surface area contributed by atoms with Gasteiger partial charge >= 0.3 is 0 Å². The van der Waals surface area contributed by atoms with Gasteiger partial charge in [-0.05, 0) is 48.5 Å². The van der Waals surface area contributed by atoms with E-state index in [4.69, 9.17) is 27.6 Å². The SMILES string of the molecule is N#C/C(=C/c1ccc(-c2cc(Cl)ccc2Cl)o1)c1nc2ccc(F)cc2[nH]1. The van der Waals surface area contributed by atoms with Gasteiger partial charge in [0.25, 0.3) is 0 Å². The number of aromatic amines is 1. The van der Waals surface area contributed by atoms with E-state index in [0.29, 0.717) is 44.0 Å². The van der Waals surface area contributed by atoms with Gasteiger partial charge in [0.1, 0.15) is 29.2 Å². The molecule has 0 atom stereocenters. The van der Waals surface area contributed by atoms with Crippen LogP contribution in [0.2, 0.25) is 10.0 Å². The van der Waals surface area contributed by atoms with Crippen LogP contribution in [0, 0.1) is 17.1 Å². The summed E-state index contributed by atoms with van der Waals surface area (Å²) < 4.78 is 19.1. The third-order valence-electron chi connectivity index (χ3n) is 3.93. The Balaban J connectivity index is 1.72. The Labute approximate surface area is 163 Å². The molecule has 0 radical (unpaired) electrons. The molecule has 4 rings (SSSR count). The maximum absolute atomic E-state index is 13.3. The smallest absolute Gasteiger partial charge is 0.149 e. The number of furan rings is 1. The van der Waals surface area contributed by atoms with Crippen molar-refractivity contribution in [2.45, 2.75) is 0 Å². The van der Waals surface area contributed by atoms with Crippen molar-refractivity contribution in [2.75, 3.05) is 0 Å². The standard InChI is InChI=1S/C20H10Cl2FN3O/c21-12-1-4-16(22)15(8-12)19-6-3-14(27-19)7-11(10-24)20-25-17-5-2-13(23)9-18(17)26-20/h1-9H,(H,25,26)/b11-7-. The maximum Gasteiger partial charge on any atom is 0.149 e. The molecule has 4 aromatic rings. The lowest BCUT2D eigenvalue weighted by Gasteiger charge is -2.01. The van der Waals surface area contributed by atoms with Gasteiger partial charge in [-0.3, -0.25) is 0 Å². The summed E-state index contributed by atoms with van der Waals surface area (Å²) in [7, 11) is 0. The van der Waals surface area contributed by atoms with Gasteiger partial charge < -0.3 is 9.40 Å². The van der Waals surface area contributed by atoms with Crippen LogP contribution < -0.4 is 0 Å². The number of hydrogen-bond acceptors (Lipinski definition) is 3. The number of nitrogens with one attached hydrogen (secondary N) is 1. The first-order valence-electron chi connectivity index (χ1n) is 7.86. The molecule has 0 aliphatic carbocycles. The van der Waals surface area contributed by atoms with E-state index in [1.807, 2.05) is 0 Å². The Morgan fingerprint density at radius 3 is 2.81 bits per heavy atom. The number of halogens is 3. The zero-order valence-corrected chi connectivity index (χ0v) is 15.1. The molecule has 0 spiro atoms. The lowest BCUT2D eigenvalue weighted by Crippen LogP contribution is -1.84. The molecule has 4 nitrogen and oxygen atoms in total. The molecule has 7 heteroatoms. The average molecular weight is 398 g/mol. The molecule has 0 bridgehead atoms. The van der Waals surface area contributed by atoms with Gasteiger partial charge in [-0.25, -0.2) is 9.37 Å². The van der Waals surface area contributed by atoms with Gasteiger partial charge in [-0.2, -0.15) is 5.26 Å². The van der Waals surface area contributed by atoms with E-state index in [0.717, 1.165) is 0 Å². The van der Waals surface area contributed by atoms with Crippen molar-refractivity contribution >= 4 is 45.9 Å². The van der Waals surface area contributed by atoms with Crippen molar-refractivity contribution < 1.29 is 8.81 Å². The number of allylic oxidation sites excluding steroid dienone is 1. The predicted octanol–water partition coefficient (Wildman–Crippen LogP) is 6.33. The number of benzene rings is 2. The Kier molecular flexibility index (Phi) is 4.44. The fourth-order valence-corrected chi connectivity index (χ4v) is 3.05. The van der Waals surface area contributed by atoms with Crippen molar-refractivity contribution in [1.82, 2.24) is 9.97 Å². The minimum Gasteiger partial charge on any atom is -0.457 e. The molecule has 2 heterocycles. The van der Waals surface area contributed by atoms with Crippen LogP contribution in [0.4, 0.5) is 4.39 Å². The molecule has 27 heavy (non-hydrogen) atoms. The number of hydrogen-bond donors (Lipinski definition) is 1. The molecule has 0 unspecified atom stereocenters. The van der Waals surface area contributed by atoms with Gasteiger partial charge in [-0.15, -0.1) is 0 Å². The molecular weight excluding hydrogens is 388 g/mol.